The van der Waals surface area contributed by atoms with Crippen LogP contribution in [0.2, 0.25) is 0 Å². The van der Waals surface area contributed by atoms with Crippen LogP contribution in [0, 0.1) is 6.92 Å². The molecule has 6 heteroatoms. The van der Waals surface area contributed by atoms with Gasteiger partial charge in [-0.3, -0.25) is 9.69 Å². The second-order valence-electron chi connectivity index (χ2n) is 7.07. The van der Waals surface area contributed by atoms with Crippen LogP contribution in [-0.2, 0) is 4.79 Å². The van der Waals surface area contributed by atoms with Gasteiger partial charge in [-0.25, -0.2) is 4.68 Å². The maximum absolute atomic E-state index is 12.8. The van der Waals surface area contributed by atoms with Crippen LogP contribution >= 0.6 is 0 Å². The van der Waals surface area contributed by atoms with Crippen LogP contribution in [0.15, 0.2) is 54.9 Å². The van der Waals surface area contributed by atoms with Gasteiger partial charge in [0.15, 0.2) is 0 Å². The molecule has 4 rings (SSSR count). The smallest absolute Gasteiger partial charge is 0.231 e. The van der Waals surface area contributed by atoms with Gasteiger partial charge in [-0.05, 0) is 36.6 Å². The number of fused-ring (bicyclic) bond motifs is 1. The van der Waals surface area contributed by atoms with Crippen LogP contribution in [-0.4, -0.2) is 27.8 Å². The predicted octanol–water partition coefficient (Wildman–Crippen LogP) is 4.07. The summed E-state index contributed by atoms with van der Waals surface area (Å²) in [5.74, 6) is 1.47. The van der Waals surface area contributed by atoms with Crippen molar-refractivity contribution in [2.75, 3.05) is 12.0 Å². The molecule has 1 amide bonds. The Balaban J connectivity index is 1.80. The Hall–Kier alpha value is -3.15. The number of carbonyl (C=O) groups is 1. The van der Waals surface area contributed by atoms with Gasteiger partial charge in [0.1, 0.15) is 12.1 Å². The highest BCUT2D eigenvalue weighted by Gasteiger charge is 2.38. The molecule has 3 aromatic rings. The molecule has 2 aromatic carbocycles. The molecular formula is C22H24N4O2. The zero-order chi connectivity index (χ0) is 19.7. The van der Waals surface area contributed by atoms with Gasteiger partial charge in [0.2, 0.25) is 11.9 Å². The van der Waals surface area contributed by atoms with E-state index in [2.05, 4.69) is 53.4 Å². The normalized spacial score (nSPS) is 18.6. The lowest BCUT2D eigenvalue weighted by molar-refractivity contribution is -0.119. The molecule has 0 saturated heterocycles. The van der Waals surface area contributed by atoms with Crippen LogP contribution in [0.5, 0.6) is 5.75 Å². The van der Waals surface area contributed by atoms with E-state index in [9.17, 15) is 4.79 Å². The summed E-state index contributed by atoms with van der Waals surface area (Å²) in [6.07, 6.45) is 2.68. The average Bonchev–Trinajstić information content (AvgIpc) is 3.22. The van der Waals surface area contributed by atoms with Crippen LogP contribution < -0.4 is 9.64 Å². The summed E-state index contributed by atoms with van der Waals surface area (Å²) in [6, 6.07) is 16.3. The first-order valence-electron chi connectivity index (χ1n) is 9.54. The van der Waals surface area contributed by atoms with Gasteiger partial charge < -0.3 is 4.74 Å². The predicted molar refractivity (Wildman–Crippen MR) is 107 cm³/mol. The first-order valence-corrected chi connectivity index (χ1v) is 9.54. The Bertz CT molecular complexity index is 963. The van der Waals surface area contributed by atoms with Crippen LogP contribution in [0.3, 0.4) is 0 Å². The van der Waals surface area contributed by atoms with E-state index in [0.717, 1.165) is 23.3 Å². The second-order valence-corrected chi connectivity index (χ2v) is 7.07. The fourth-order valence-corrected chi connectivity index (χ4v) is 3.83. The number of nitrogens with zero attached hydrogens (tertiary/aromatic N) is 4. The Morgan fingerprint density at radius 3 is 2.36 bits per heavy atom. The monoisotopic (exact) mass is 376 g/mol. The molecule has 0 saturated carbocycles. The third kappa shape index (κ3) is 3.15. The van der Waals surface area contributed by atoms with Crippen molar-refractivity contribution < 1.29 is 9.53 Å². The number of aromatic nitrogens is 3. The van der Waals surface area contributed by atoms with Crippen molar-refractivity contribution in [2.24, 2.45) is 0 Å². The summed E-state index contributed by atoms with van der Waals surface area (Å²) in [4.78, 5) is 19.1. The molecule has 0 radical (unpaired) electrons. The van der Waals surface area contributed by atoms with Crippen molar-refractivity contribution in [2.45, 2.75) is 38.8 Å². The molecule has 2 heterocycles. The first kappa shape index (κ1) is 18.2. The molecule has 0 fully saturated rings. The number of methoxy groups -OCH3 is 1. The Morgan fingerprint density at radius 1 is 1.07 bits per heavy atom. The van der Waals surface area contributed by atoms with E-state index in [1.807, 2.05) is 23.7 Å². The Labute approximate surface area is 164 Å². The average molecular weight is 376 g/mol. The summed E-state index contributed by atoms with van der Waals surface area (Å²) < 4.78 is 7.15. The lowest BCUT2D eigenvalue weighted by Crippen LogP contribution is -2.42. The van der Waals surface area contributed by atoms with Gasteiger partial charge in [-0.1, -0.05) is 48.9 Å². The minimum atomic E-state index is -0.0862. The van der Waals surface area contributed by atoms with Crippen molar-refractivity contribution >= 4 is 11.9 Å². The highest BCUT2D eigenvalue weighted by atomic mass is 16.5. The van der Waals surface area contributed by atoms with Crippen molar-refractivity contribution in [3.8, 4) is 5.75 Å². The summed E-state index contributed by atoms with van der Waals surface area (Å²) in [5, 5.41) is 4.45. The highest BCUT2D eigenvalue weighted by Crippen LogP contribution is 2.42. The number of benzene rings is 2. The summed E-state index contributed by atoms with van der Waals surface area (Å²) in [6.45, 7) is 3.95. The number of hydrogen-bond donors (Lipinski definition) is 0. The summed E-state index contributed by atoms with van der Waals surface area (Å²) in [5.41, 5.74) is 3.43. The molecule has 0 spiro atoms. The number of ether oxygens (including phenoxy) is 1. The van der Waals surface area contributed by atoms with Gasteiger partial charge in [-0.2, -0.15) is 10.1 Å². The fourth-order valence-electron chi connectivity index (χ4n) is 3.83. The van der Waals surface area contributed by atoms with E-state index in [1.165, 1.54) is 11.9 Å². The molecule has 6 nitrogen and oxygen atoms in total. The van der Waals surface area contributed by atoms with E-state index in [-0.39, 0.29) is 18.0 Å². The molecule has 1 aliphatic heterocycles. The quantitative estimate of drug-likeness (QED) is 0.689. The minimum absolute atomic E-state index is 0.00406. The SMILES string of the molecule is CCC(=O)N1c2ncnn2C(c2ccc(OC)cc2)CC1c1ccc(C)cc1. The second kappa shape index (κ2) is 7.46. The Morgan fingerprint density at radius 2 is 1.71 bits per heavy atom. The van der Waals surface area contributed by atoms with Crippen LogP contribution in [0.25, 0.3) is 0 Å². The molecule has 0 N–H and O–H groups in total. The molecule has 2 atom stereocenters. The van der Waals surface area contributed by atoms with E-state index in [1.54, 1.807) is 12.0 Å². The largest absolute Gasteiger partial charge is 0.497 e. The first-order chi connectivity index (χ1) is 13.6. The fraction of sp³-hybridized carbons (Fsp3) is 0.318. The van der Waals surface area contributed by atoms with Crippen LogP contribution in [0.4, 0.5) is 5.95 Å². The standard InChI is InChI=1S/C22H24N4O2/c1-4-21(27)25-19(16-7-5-15(2)6-8-16)13-20(26-22(25)23-14-24-26)17-9-11-18(28-3)12-10-17/h5-12,14,19-20H,4,13H2,1-3H3. The summed E-state index contributed by atoms with van der Waals surface area (Å²) >= 11 is 0. The number of carbonyl (C=O) groups excluding carboxylic acids is 1. The molecule has 2 unspecified atom stereocenters. The molecule has 0 aliphatic carbocycles. The van der Waals surface area contributed by atoms with Gasteiger partial charge in [0, 0.05) is 6.42 Å². The lowest BCUT2D eigenvalue weighted by Gasteiger charge is -2.39. The van der Waals surface area contributed by atoms with Gasteiger partial charge in [0.05, 0.1) is 19.2 Å². The van der Waals surface area contributed by atoms with E-state index in [0.29, 0.717) is 12.4 Å². The number of rotatable bonds is 4. The topological polar surface area (TPSA) is 60.2 Å². The van der Waals surface area contributed by atoms with E-state index >= 15 is 0 Å². The van der Waals surface area contributed by atoms with Crippen molar-refractivity contribution in [1.82, 2.24) is 14.8 Å². The zero-order valence-corrected chi connectivity index (χ0v) is 16.4. The summed E-state index contributed by atoms with van der Waals surface area (Å²) in [7, 11) is 1.66. The van der Waals surface area contributed by atoms with Gasteiger partial charge in [0.25, 0.3) is 0 Å². The van der Waals surface area contributed by atoms with E-state index in [4.69, 9.17) is 4.74 Å². The number of hydrogen-bond acceptors (Lipinski definition) is 4. The molecule has 1 aliphatic rings. The van der Waals surface area contributed by atoms with Gasteiger partial charge >= 0.3 is 0 Å². The minimum Gasteiger partial charge on any atom is -0.497 e. The number of aryl methyl sites for hydroxylation is 1. The Kier molecular flexibility index (Phi) is 4.86. The maximum Gasteiger partial charge on any atom is 0.231 e. The third-order valence-electron chi connectivity index (χ3n) is 5.36. The van der Waals surface area contributed by atoms with Crippen molar-refractivity contribution in [3.63, 3.8) is 0 Å². The molecule has 1 aromatic heterocycles. The number of anilines is 1. The van der Waals surface area contributed by atoms with Crippen LogP contribution in [0.1, 0.15) is 48.5 Å². The van der Waals surface area contributed by atoms with Crippen molar-refractivity contribution in [1.29, 1.82) is 0 Å². The molecular weight excluding hydrogens is 352 g/mol. The molecule has 144 valence electrons. The lowest BCUT2D eigenvalue weighted by atomic mass is 9.91. The third-order valence-corrected chi connectivity index (χ3v) is 5.36. The maximum atomic E-state index is 12.8. The van der Waals surface area contributed by atoms with Crippen molar-refractivity contribution in [3.05, 3.63) is 71.5 Å². The van der Waals surface area contributed by atoms with E-state index < -0.39 is 0 Å². The highest BCUT2D eigenvalue weighted by molar-refractivity contribution is 5.92. The number of amides is 1. The molecule has 0 bridgehead atoms. The zero-order valence-electron chi connectivity index (χ0n) is 16.4. The van der Waals surface area contributed by atoms with Gasteiger partial charge in [-0.15, -0.1) is 0 Å². The molecule has 28 heavy (non-hydrogen) atoms.